The van der Waals surface area contributed by atoms with Crippen LogP contribution in [0.3, 0.4) is 0 Å². The zero-order chi connectivity index (χ0) is 10.4. The highest BCUT2D eigenvalue weighted by Crippen LogP contribution is 2.47. The molecule has 0 amide bonds. The van der Waals surface area contributed by atoms with Crippen LogP contribution in [0.1, 0.15) is 42.6 Å². The number of fused-ring (bicyclic) bond motifs is 1. The van der Waals surface area contributed by atoms with E-state index in [0.717, 1.165) is 5.56 Å². The van der Waals surface area contributed by atoms with Crippen molar-refractivity contribution in [2.75, 3.05) is 0 Å². The number of hydrogen-bond donors (Lipinski definition) is 1. The van der Waals surface area contributed by atoms with E-state index >= 15 is 0 Å². The van der Waals surface area contributed by atoms with Gasteiger partial charge in [0.1, 0.15) is 0 Å². The van der Waals surface area contributed by atoms with E-state index in [1.807, 2.05) is 0 Å². The van der Waals surface area contributed by atoms with Gasteiger partial charge in [-0.25, -0.2) is 0 Å². The molecule has 1 nitrogen and oxygen atoms in total. The monoisotopic (exact) mass is 202 g/mol. The second-order valence-corrected chi connectivity index (χ2v) is 5.20. The first-order chi connectivity index (χ1) is 7.25. The molecule has 1 N–H and O–H groups in total. The predicted octanol–water partition coefficient (Wildman–Crippen LogP) is 2.86. The number of hydrogen-bond acceptors (Lipinski definition) is 1. The van der Waals surface area contributed by atoms with Crippen LogP contribution >= 0.6 is 0 Å². The van der Waals surface area contributed by atoms with Gasteiger partial charge in [-0.15, -0.1) is 0 Å². The fraction of sp³-hybridized carbons (Fsp3) is 0.571. The lowest BCUT2D eigenvalue weighted by molar-refractivity contribution is 0.148. The molecule has 15 heavy (non-hydrogen) atoms. The third kappa shape index (κ3) is 1.59. The molecule has 0 heterocycles. The summed E-state index contributed by atoms with van der Waals surface area (Å²) in [6.45, 7) is 2.22. The molecule has 0 radical (unpaired) electrons. The third-order valence-corrected chi connectivity index (χ3v) is 4.04. The first kappa shape index (κ1) is 9.41. The molecule has 3 atom stereocenters. The van der Waals surface area contributed by atoms with Crippen molar-refractivity contribution in [1.82, 2.24) is 0 Å². The molecule has 3 rings (SSSR count). The number of aliphatic hydroxyl groups excluding tert-OH is 1. The highest BCUT2D eigenvalue weighted by Gasteiger charge is 2.39. The fourth-order valence-electron chi connectivity index (χ4n) is 2.81. The molecule has 1 fully saturated rings. The molecule has 0 spiro atoms. The van der Waals surface area contributed by atoms with Crippen LogP contribution in [-0.4, -0.2) is 5.11 Å². The maximum Gasteiger partial charge on any atom is 0.0820 e. The van der Waals surface area contributed by atoms with Crippen LogP contribution in [0, 0.1) is 11.8 Å². The van der Waals surface area contributed by atoms with Crippen molar-refractivity contribution >= 4 is 0 Å². The van der Waals surface area contributed by atoms with Crippen LogP contribution < -0.4 is 0 Å². The molecule has 2 aliphatic rings. The van der Waals surface area contributed by atoms with Crippen LogP contribution in [-0.2, 0) is 12.8 Å². The summed E-state index contributed by atoms with van der Waals surface area (Å²) >= 11 is 0. The van der Waals surface area contributed by atoms with Crippen molar-refractivity contribution in [2.24, 2.45) is 11.8 Å². The standard InChI is InChI=1S/C14H18O/c1-9-7-13(9)14(15)12-6-5-10-3-2-4-11(10)8-12/h5-6,8-9,13-15H,2-4,7H2,1H3. The average Bonchev–Trinajstić information content (AvgIpc) is 2.80. The van der Waals surface area contributed by atoms with Crippen LogP contribution in [0.25, 0.3) is 0 Å². The van der Waals surface area contributed by atoms with Crippen LogP contribution in [0.5, 0.6) is 0 Å². The Balaban J connectivity index is 1.86. The molecule has 1 aromatic rings. The normalized spacial score (nSPS) is 30.0. The average molecular weight is 202 g/mol. The molecule has 1 saturated carbocycles. The smallest absolute Gasteiger partial charge is 0.0820 e. The topological polar surface area (TPSA) is 20.2 Å². The third-order valence-electron chi connectivity index (χ3n) is 4.04. The van der Waals surface area contributed by atoms with Gasteiger partial charge in [0.15, 0.2) is 0 Å². The number of rotatable bonds is 2. The zero-order valence-electron chi connectivity index (χ0n) is 9.24. The number of aliphatic hydroxyl groups is 1. The Labute approximate surface area is 91.1 Å². The largest absolute Gasteiger partial charge is 0.388 e. The summed E-state index contributed by atoms with van der Waals surface area (Å²) in [5.41, 5.74) is 4.11. The van der Waals surface area contributed by atoms with Gasteiger partial charge in [0.2, 0.25) is 0 Å². The lowest BCUT2D eigenvalue weighted by Gasteiger charge is -2.11. The summed E-state index contributed by atoms with van der Waals surface area (Å²) < 4.78 is 0. The Morgan fingerprint density at radius 3 is 2.73 bits per heavy atom. The second kappa shape index (κ2) is 3.34. The minimum Gasteiger partial charge on any atom is -0.388 e. The van der Waals surface area contributed by atoms with Crippen molar-refractivity contribution in [3.05, 3.63) is 34.9 Å². The highest BCUT2D eigenvalue weighted by molar-refractivity contribution is 5.36. The van der Waals surface area contributed by atoms with E-state index in [4.69, 9.17) is 0 Å². The van der Waals surface area contributed by atoms with Crippen molar-refractivity contribution in [1.29, 1.82) is 0 Å². The molecular formula is C14H18O. The Bertz CT molecular complexity index is 383. The van der Waals surface area contributed by atoms with E-state index in [2.05, 4.69) is 25.1 Å². The van der Waals surface area contributed by atoms with Crippen molar-refractivity contribution in [3.8, 4) is 0 Å². The molecule has 1 aromatic carbocycles. The quantitative estimate of drug-likeness (QED) is 0.782. The molecule has 0 bridgehead atoms. The predicted molar refractivity (Wildman–Crippen MR) is 60.7 cm³/mol. The lowest BCUT2D eigenvalue weighted by Crippen LogP contribution is -2.01. The van der Waals surface area contributed by atoms with Gasteiger partial charge in [-0.2, -0.15) is 0 Å². The minimum absolute atomic E-state index is 0.217. The summed E-state index contributed by atoms with van der Waals surface area (Å²) in [4.78, 5) is 0. The van der Waals surface area contributed by atoms with Gasteiger partial charge in [0.25, 0.3) is 0 Å². The number of aryl methyl sites for hydroxylation is 2. The van der Waals surface area contributed by atoms with E-state index in [0.29, 0.717) is 11.8 Å². The lowest BCUT2D eigenvalue weighted by atomic mass is 9.99. The van der Waals surface area contributed by atoms with Crippen molar-refractivity contribution in [2.45, 2.75) is 38.7 Å². The summed E-state index contributed by atoms with van der Waals surface area (Å²) in [5, 5.41) is 10.2. The molecule has 1 heteroatoms. The maximum absolute atomic E-state index is 10.2. The Morgan fingerprint density at radius 1 is 1.27 bits per heavy atom. The zero-order valence-corrected chi connectivity index (χ0v) is 9.24. The highest BCUT2D eigenvalue weighted by atomic mass is 16.3. The van der Waals surface area contributed by atoms with Crippen LogP contribution in [0.2, 0.25) is 0 Å². The molecule has 2 aliphatic carbocycles. The SMILES string of the molecule is CC1CC1C(O)c1ccc2c(c1)CCC2. The van der Waals surface area contributed by atoms with Crippen LogP contribution in [0.15, 0.2) is 18.2 Å². The van der Waals surface area contributed by atoms with Crippen LogP contribution in [0.4, 0.5) is 0 Å². The summed E-state index contributed by atoms with van der Waals surface area (Å²) in [5.74, 6) is 1.23. The Hall–Kier alpha value is -0.820. The maximum atomic E-state index is 10.2. The van der Waals surface area contributed by atoms with E-state index in [1.165, 1.54) is 36.8 Å². The van der Waals surface area contributed by atoms with Gasteiger partial charge < -0.3 is 5.11 Å². The molecule has 3 unspecified atom stereocenters. The first-order valence-electron chi connectivity index (χ1n) is 6.05. The molecule has 0 aromatic heterocycles. The Morgan fingerprint density at radius 2 is 2.00 bits per heavy atom. The van der Waals surface area contributed by atoms with Gasteiger partial charge >= 0.3 is 0 Å². The number of benzene rings is 1. The molecular weight excluding hydrogens is 184 g/mol. The van der Waals surface area contributed by atoms with Crippen molar-refractivity contribution in [3.63, 3.8) is 0 Å². The summed E-state index contributed by atoms with van der Waals surface area (Å²) in [6, 6.07) is 6.58. The summed E-state index contributed by atoms with van der Waals surface area (Å²) in [6.07, 6.45) is 4.69. The fourth-order valence-corrected chi connectivity index (χ4v) is 2.81. The van der Waals surface area contributed by atoms with Gasteiger partial charge in [-0.3, -0.25) is 0 Å². The van der Waals surface area contributed by atoms with E-state index in [9.17, 15) is 5.11 Å². The molecule has 0 saturated heterocycles. The van der Waals surface area contributed by atoms with Gasteiger partial charge in [-0.1, -0.05) is 25.1 Å². The second-order valence-electron chi connectivity index (χ2n) is 5.20. The van der Waals surface area contributed by atoms with E-state index < -0.39 is 0 Å². The molecule has 80 valence electrons. The first-order valence-corrected chi connectivity index (χ1v) is 6.05. The van der Waals surface area contributed by atoms with Gasteiger partial charge in [0, 0.05) is 0 Å². The van der Waals surface area contributed by atoms with E-state index in [1.54, 1.807) is 0 Å². The Kier molecular flexibility index (Phi) is 2.10. The van der Waals surface area contributed by atoms with E-state index in [-0.39, 0.29) is 6.10 Å². The minimum atomic E-state index is -0.217. The van der Waals surface area contributed by atoms with Gasteiger partial charge in [0.05, 0.1) is 6.10 Å². The van der Waals surface area contributed by atoms with Crippen molar-refractivity contribution < 1.29 is 5.11 Å². The van der Waals surface area contributed by atoms with Gasteiger partial charge in [-0.05, 0) is 54.2 Å². The molecule has 0 aliphatic heterocycles. The summed E-state index contributed by atoms with van der Waals surface area (Å²) in [7, 11) is 0.